The molecule has 0 unspecified atom stereocenters. The maximum Gasteiger partial charge on any atom is 0.275 e. The Bertz CT molecular complexity index is 1120. The Morgan fingerprint density at radius 1 is 1.11 bits per heavy atom. The van der Waals surface area contributed by atoms with Crippen LogP contribution < -0.4 is 10.6 Å². The SMILES string of the molecule is O=C(Nc1ccsc1C(=O)NCCc1c[nH]c2ccccc12)c1cnccn1. The number of carbonyl (C=O) groups excluding carboxylic acids is 2. The molecule has 0 atom stereocenters. The number of aromatic amines is 1. The van der Waals surface area contributed by atoms with Gasteiger partial charge in [0.25, 0.3) is 11.8 Å². The number of benzene rings is 1. The van der Waals surface area contributed by atoms with Crippen LogP contribution in [0.4, 0.5) is 5.69 Å². The van der Waals surface area contributed by atoms with E-state index < -0.39 is 5.91 Å². The third-order valence-corrected chi connectivity index (χ3v) is 5.18. The number of H-pyrrole nitrogens is 1. The highest BCUT2D eigenvalue weighted by molar-refractivity contribution is 7.12. The maximum absolute atomic E-state index is 12.5. The number of aromatic nitrogens is 3. The van der Waals surface area contributed by atoms with Crippen LogP contribution in [0.2, 0.25) is 0 Å². The van der Waals surface area contributed by atoms with Crippen molar-refractivity contribution in [3.8, 4) is 0 Å². The van der Waals surface area contributed by atoms with Crippen molar-refractivity contribution in [2.75, 3.05) is 11.9 Å². The van der Waals surface area contributed by atoms with Crippen LogP contribution in [0.1, 0.15) is 25.7 Å². The first-order chi connectivity index (χ1) is 13.7. The summed E-state index contributed by atoms with van der Waals surface area (Å²) in [6, 6.07) is 9.76. The average Bonchev–Trinajstić information content (AvgIpc) is 3.36. The van der Waals surface area contributed by atoms with Crippen LogP contribution in [-0.2, 0) is 6.42 Å². The number of nitrogens with zero attached hydrogens (tertiary/aromatic N) is 2. The van der Waals surface area contributed by atoms with Gasteiger partial charge in [-0.25, -0.2) is 4.98 Å². The standard InChI is InChI=1S/C20H17N5O2S/c26-19(17-12-21-8-9-22-17)25-16-6-10-28-18(16)20(27)23-7-5-13-11-24-15-4-2-1-3-14(13)15/h1-4,6,8-12,24H,5,7H2,(H,23,27)(H,25,26). The van der Waals surface area contributed by atoms with E-state index in [1.807, 2.05) is 24.4 Å². The zero-order chi connectivity index (χ0) is 19.3. The first-order valence-corrected chi connectivity index (χ1v) is 9.58. The van der Waals surface area contributed by atoms with Gasteiger partial charge in [0.1, 0.15) is 10.6 Å². The summed E-state index contributed by atoms with van der Waals surface area (Å²) in [7, 11) is 0. The normalized spacial score (nSPS) is 10.7. The third kappa shape index (κ3) is 3.77. The number of fused-ring (bicyclic) bond motifs is 1. The molecule has 7 nitrogen and oxygen atoms in total. The van der Waals surface area contributed by atoms with Gasteiger partial charge in [0.15, 0.2) is 0 Å². The molecule has 28 heavy (non-hydrogen) atoms. The summed E-state index contributed by atoms with van der Waals surface area (Å²) in [5.74, 6) is -0.622. The summed E-state index contributed by atoms with van der Waals surface area (Å²) in [4.78, 5) is 36.3. The van der Waals surface area contributed by atoms with Crippen LogP contribution in [0.3, 0.4) is 0 Å². The van der Waals surface area contributed by atoms with Crippen LogP contribution in [0.15, 0.2) is 60.5 Å². The van der Waals surface area contributed by atoms with Crippen molar-refractivity contribution in [1.29, 1.82) is 0 Å². The lowest BCUT2D eigenvalue weighted by Crippen LogP contribution is -2.26. The van der Waals surface area contributed by atoms with E-state index in [0.717, 1.165) is 16.5 Å². The minimum Gasteiger partial charge on any atom is -0.361 e. The van der Waals surface area contributed by atoms with E-state index in [1.165, 1.54) is 29.9 Å². The van der Waals surface area contributed by atoms with E-state index in [0.29, 0.717) is 23.5 Å². The Hall–Kier alpha value is -3.52. The van der Waals surface area contributed by atoms with Crippen molar-refractivity contribution in [3.63, 3.8) is 0 Å². The van der Waals surface area contributed by atoms with Gasteiger partial charge in [0.2, 0.25) is 0 Å². The number of carbonyl (C=O) groups is 2. The van der Waals surface area contributed by atoms with E-state index >= 15 is 0 Å². The number of para-hydroxylation sites is 1. The predicted octanol–water partition coefficient (Wildman–Crippen LogP) is 3.24. The molecule has 4 rings (SSSR count). The van der Waals surface area contributed by atoms with Gasteiger partial charge in [0.05, 0.1) is 11.9 Å². The van der Waals surface area contributed by atoms with Gasteiger partial charge < -0.3 is 15.6 Å². The van der Waals surface area contributed by atoms with Crippen LogP contribution in [-0.4, -0.2) is 33.3 Å². The molecule has 0 fully saturated rings. The molecular weight excluding hydrogens is 374 g/mol. The quantitative estimate of drug-likeness (QED) is 0.470. The van der Waals surface area contributed by atoms with E-state index in [4.69, 9.17) is 0 Å². The monoisotopic (exact) mass is 391 g/mol. The molecule has 0 aliphatic heterocycles. The Morgan fingerprint density at radius 2 is 2.00 bits per heavy atom. The van der Waals surface area contributed by atoms with Gasteiger partial charge in [-0.3, -0.25) is 14.6 Å². The molecule has 2 amide bonds. The molecule has 0 radical (unpaired) electrons. The highest BCUT2D eigenvalue weighted by Crippen LogP contribution is 2.23. The van der Waals surface area contributed by atoms with Gasteiger partial charge in [-0.2, -0.15) is 0 Å². The lowest BCUT2D eigenvalue weighted by atomic mass is 10.1. The van der Waals surface area contributed by atoms with E-state index in [2.05, 4.69) is 31.7 Å². The number of anilines is 1. The van der Waals surface area contributed by atoms with Crippen LogP contribution in [0.5, 0.6) is 0 Å². The second kappa shape index (κ2) is 8.01. The number of hydrogen-bond donors (Lipinski definition) is 3. The summed E-state index contributed by atoms with van der Waals surface area (Å²) in [6.07, 6.45) is 6.99. The van der Waals surface area contributed by atoms with Crippen molar-refractivity contribution in [2.45, 2.75) is 6.42 Å². The number of rotatable bonds is 6. The first kappa shape index (κ1) is 17.9. The molecule has 0 aliphatic carbocycles. The highest BCUT2D eigenvalue weighted by atomic mass is 32.1. The fourth-order valence-corrected chi connectivity index (χ4v) is 3.68. The van der Waals surface area contributed by atoms with Crippen molar-refractivity contribution in [3.05, 3.63) is 76.6 Å². The predicted molar refractivity (Wildman–Crippen MR) is 109 cm³/mol. The topological polar surface area (TPSA) is 99.8 Å². The molecule has 3 aromatic heterocycles. The zero-order valence-corrected chi connectivity index (χ0v) is 15.6. The van der Waals surface area contributed by atoms with Crippen molar-refractivity contribution >= 4 is 39.7 Å². The van der Waals surface area contributed by atoms with Gasteiger partial charge in [-0.15, -0.1) is 11.3 Å². The number of thiophene rings is 1. The number of amides is 2. The fourth-order valence-electron chi connectivity index (χ4n) is 2.92. The Labute approximate surface area is 164 Å². The minimum atomic E-state index is -0.403. The van der Waals surface area contributed by atoms with Crippen molar-refractivity contribution in [1.82, 2.24) is 20.3 Å². The lowest BCUT2D eigenvalue weighted by Gasteiger charge is -2.07. The molecule has 3 N–H and O–H groups in total. The Kier molecular flexibility index (Phi) is 5.11. The molecule has 140 valence electrons. The summed E-state index contributed by atoms with van der Waals surface area (Å²) in [5.41, 5.74) is 2.89. The van der Waals surface area contributed by atoms with Gasteiger partial charge in [0, 0.05) is 36.0 Å². The number of nitrogens with one attached hydrogen (secondary N) is 3. The highest BCUT2D eigenvalue weighted by Gasteiger charge is 2.16. The maximum atomic E-state index is 12.5. The van der Waals surface area contributed by atoms with Gasteiger partial charge >= 0.3 is 0 Å². The molecule has 0 saturated heterocycles. The minimum absolute atomic E-state index is 0.194. The molecule has 0 aliphatic rings. The average molecular weight is 391 g/mol. The first-order valence-electron chi connectivity index (χ1n) is 8.70. The van der Waals surface area contributed by atoms with Gasteiger partial charge in [-0.05, 0) is 29.5 Å². The second-order valence-electron chi connectivity index (χ2n) is 6.07. The van der Waals surface area contributed by atoms with Gasteiger partial charge in [-0.1, -0.05) is 18.2 Å². The smallest absolute Gasteiger partial charge is 0.275 e. The summed E-state index contributed by atoms with van der Waals surface area (Å²) >= 11 is 1.28. The molecule has 0 spiro atoms. The lowest BCUT2D eigenvalue weighted by molar-refractivity contribution is 0.0959. The molecule has 0 saturated carbocycles. The van der Waals surface area contributed by atoms with E-state index in [9.17, 15) is 9.59 Å². The van der Waals surface area contributed by atoms with Crippen LogP contribution >= 0.6 is 11.3 Å². The van der Waals surface area contributed by atoms with Crippen molar-refractivity contribution < 1.29 is 9.59 Å². The van der Waals surface area contributed by atoms with E-state index in [1.54, 1.807) is 11.4 Å². The molecule has 1 aromatic carbocycles. The van der Waals surface area contributed by atoms with Crippen LogP contribution in [0, 0.1) is 0 Å². The zero-order valence-electron chi connectivity index (χ0n) is 14.8. The molecular formula is C20H17N5O2S. The summed E-state index contributed by atoms with van der Waals surface area (Å²) in [6.45, 7) is 0.496. The Morgan fingerprint density at radius 3 is 2.86 bits per heavy atom. The number of hydrogen-bond acceptors (Lipinski definition) is 5. The van der Waals surface area contributed by atoms with E-state index in [-0.39, 0.29) is 11.6 Å². The van der Waals surface area contributed by atoms with Crippen LogP contribution in [0.25, 0.3) is 10.9 Å². The molecule has 0 bridgehead atoms. The molecule has 3 heterocycles. The second-order valence-corrected chi connectivity index (χ2v) is 6.99. The van der Waals surface area contributed by atoms with Crippen molar-refractivity contribution in [2.24, 2.45) is 0 Å². The largest absolute Gasteiger partial charge is 0.361 e. The molecule has 8 heteroatoms. The summed E-state index contributed by atoms with van der Waals surface area (Å²) < 4.78 is 0. The Balaban J connectivity index is 1.38. The molecule has 4 aromatic rings. The summed E-state index contributed by atoms with van der Waals surface area (Å²) in [5, 5.41) is 8.56. The fraction of sp³-hybridized carbons (Fsp3) is 0.100. The third-order valence-electron chi connectivity index (χ3n) is 4.27.